The van der Waals surface area contributed by atoms with Crippen LogP contribution in [0.2, 0.25) is 0 Å². The summed E-state index contributed by atoms with van der Waals surface area (Å²) in [6.07, 6.45) is 6.34. The molecule has 40 heavy (non-hydrogen) atoms. The number of nitrogens with one attached hydrogen (secondary N) is 2. The van der Waals surface area contributed by atoms with Gasteiger partial charge in [-0.25, -0.2) is 0 Å². The van der Waals surface area contributed by atoms with E-state index in [1.54, 1.807) is 13.0 Å². The average molecular weight is 547 g/mol. The Balaban J connectivity index is 1.78. The molecule has 1 atom stereocenters. The summed E-state index contributed by atoms with van der Waals surface area (Å²) < 4.78 is 11.4. The molecule has 208 valence electrons. The number of Topliss-reactive ketones (excluding diaryl/α,β-unsaturated/α-hetero) is 1. The third-order valence-electron chi connectivity index (χ3n) is 7.48. The molecule has 0 aromatic heterocycles. The van der Waals surface area contributed by atoms with E-state index < -0.39 is 22.9 Å². The van der Waals surface area contributed by atoms with E-state index in [2.05, 4.69) is 16.7 Å². The highest BCUT2D eigenvalue weighted by Crippen LogP contribution is 2.56. The van der Waals surface area contributed by atoms with Crippen LogP contribution in [0.1, 0.15) is 52.0 Å². The number of hydrogen-bond donors (Lipinski definition) is 4. The predicted molar refractivity (Wildman–Crippen MR) is 145 cm³/mol. The maximum atomic E-state index is 13.8. The van der Waals surface area contributed by atoms with Crippen LogP contribution in [-0.4, -0.2) is 41.4 Å². The van der Waals surface area contributed by atoms with Gasteiger partial charge in [0.25, 0.3) is 5.91 Å². The molecule has 4 rings (SSSR count). The largest absolute Gasteiger partial charge is 0.508 e. The number of phenolic OH excluding ortho intramolecular Hbond substituents is 2. The number of rotatable bonds is 7. The van der Waals surface area contributed by atoms with Gasteiger partial charge in [-0.05, 0) is 62.9 Å². The fourth-order valence-electron chi connectivity index (χ4n) is 5.11. The zero-order chi connectivity index (χ0) is 29.5. The van der Waals surface area contributed by atoms with Crippen molar-refractivity contribution in [1.29, 1.82) is 0 Å². The number of phenols is 2. The number of carbonyl (C=O) groups is 3. The maximum absolute atomic E-state index is 13.8. The van der Waals surface area contributed by atoms with Gasteiger partial charge >= 0.3 is 0 Å². The first-order valence-electron chi connectivity index (χ1n) is 12.4. The number of ketones is 2. The molecule has 0 saturated heterocycles. The van der Waals surface area contributed by atoms with Gasteiger partial charge < -0.3 is 25.0 Å². The molecule has 1 heterocycles. The number of fused-ring (bicyclic) bond motifs is 3. The van der Waals surface area contributed by atoms with Crippen molar-refractivity contribution in [1.82, 2.24) is 10.8 Å². The smallest absolute Gasteiger partial charge is 0.259 e. The van der Waals surface area contributed by atoms with Crippen LogP contribution in [0.5, 0.6) is 23.0 Å². The molecule has 1 amide bonds. The van der Waals surface area contributed by atoms with Gasteiger partial charge in [0.15, 0.2) is 17.3 Å². The Morgan fingerprint density at radius 3 is 2.50 bits per heavy atom. The molecule has 0 radical (unpaired) electrons. The summed E-state index contributed by atoms with van der Waals surface area (Å²) in [6, 6.07) is 2.87. The number of carbonyl (C=O) groups excluding carboxylic acids is 3. The topological polar surface area (TPSA) is 143 Å². The van der Waals surface area contributed by atoms with Gasteiger partial charge in [-0.15, -0.1) is 6.42 Å². The highest BCUT2D eigenvalue weighted by atomic mass is 16.6. The number of aryl methyl sites for hydroxylation is 1. The Morgan fingerprint density at radius 1 is 1.15 bits per heavy atom. The molecule has 0 spiro atoms. The Morgan fingerprint density at radius 2 is 1.85 bits per heavy atom. The number of ether oxygens (including phenoxy) is 2. The lowest BCUT2D eigenvalue weighted by Gasteiger charge is -2.28. The van der Waals surface area contributed by atoms with E-state index in [1.807, 2.05) is 13.8 Å². The zero-order valence-corrected chi connectivity index (χ0v) is 23.1. The summed E-state index contributed by atoms with van der Waals surface area (Å²) in [6.45, 7) is 8.50. The maximum Gasteiger partial charge on any atom is 0.259 e. The monoisotopic (exact) mass is 546 g/mol. The van der Waals surface area contributed by atoms with Gasteiger partial charge in [-0.1, -0.05) is 5.92 Å². The molecule has 2 aromatic carbocycles. The SMILES string of the molecule is C#CCONC(C)=C1C(=O)C=C2Oc3c(C(=O)NCc4c(C)cc(O)c(C)c4C)c(OC)cc(O)c3[C@]2(C)C1=O. The van der Waals surface area contributed by atoms with Crippen molar-refractivity contribution < 1.29 is 38.9 Å². The number of hydroxylamine groups is 1. The van der Waals surface area contributed by atoms with Crippen LogP contribution < -0.4 is 20.3 Å². The minimum atomic E-state index is -1.61. The molecule has 10 heteroatoms. The predicted octanol–water partition coefficient (Wildman–Crippen LogP) is 3.08. The quantitative estimate of drug-likeness (QED) is 0.135. The summed E-state index contributed by atoms with van der Waals surface area (Å²) in [5.74, 6) is 0.121. The number of amides is 1. The number of hydrogen-bond acceptors (Lipinski definition) is 9. The van der Waals surface area contributed by atoms with Gasteiger partial charge in [0.05, 0.1) is 18.2 Å². The third kappa shape index (κ3) is 4.34. The lowest BCUT2D eigenvalue weighted by Crippen LogP contribution is -2.41. The molecule has 4 N–H and O–H groups in total. The van der Waals surface area contributed by atoms with Crippen LogP contribution in [-0.2, 0) is 26.4 Å². The van der Waals surface area contributed by atoms with E-state index in [9.17, 15) is 24.6 Å². The molecule has 0 bridgehead atoms. The second-order valence-electron chi connectivity index (χ2n) is 9.82. The van der Waals surface area contributed by atoms with Crippen molar-refractivity contribution in [2.45, 2.75) is 46.6 Å². The van der Waals surface area contributed by atoms with Gasteiger partial charge in [0.2, 0.25) is 0 Å². The van der Waals surface area contributed by atoms with Crippen LogP contribution in [0.3, 0.4) is 0 Å². The van der Waals surface area contributed by atoms with Crippen LogP contribution in [0.15, 0.2) is 35.2 Å². The summed E-state index contributed by atoms with van der Waals surface area (Å²) in [4.78, 5) is 45.4. The molecule has 1 aliphatic heterocycles. The van der Waals surface area contributed by atoms with Crippen LogP contribution >= 0.6 is 0 Å². The lowest BCUT2D eigenvalue weighted by atomic mass is 9.70. The molecular weight excluding hydrogens is 516 g/mol. The number of aromatic hydroxyl groups is 2. The van der Waals surface area contributed by atoms with Gasteiger partial charge in [-0.2, -0.15) is 0 Å². The summed E-state index contributed by atoms with van der Waals surface area (Å²) >= 11 is 0. The molecule has 2 aliphatic rings. The van der Waals surface area contributed by atoms with E-state index in [0.29, 0.717) is 5.56 Å². The summed E-state index contributed by atoms with van der Waals surface area (Å²) in [7, 11) is 1.33. The summed E-state index contributed by atoms with van der Waals surface area (Å²) in [5, 5.41) is 24.0. The van der Waals surface area contributed by atoms with Crippen molar-refractivity contribution in [3.05, 3.63) is 68.6 Å². The Bertz CT molecular complexity index is 1580. The third-order valence-corrected chi connectivity index (χ3v) is 7.48. The second-order valence-corrected chi connectivity index (χ2v) is 9.82. The Hall–Kier alpha value is -4.75. The van der Waals surface area contributed by atoms with Crippen molar-refractivity contribution in [2.24, 2.45) is 0 Å². The van der Waals surface area contributed by atoms with Gasteiger partial charge in [0, 0.05) is 24.4 Å². The fraction of sp³-hybridized carbons (Fsp3) is 0.300. The minimum Gasteiger partial charge on any atom is -0.508 e. The van der Waals surface area contributed by atoms with Crippen molar-refractivity contribution in [3.8, 4) is 35.3 Å². The summed E-state index contributed by atoms with van der Waals surface area (Å²) in [5.41, 5.74) is 3.97. The van der Waals surface area contributed by atoms with E-state index in [1.165, 1.54) is 27.0 Å². The number of benzene rings is 2. The van der Waals surface area contributed by atoms with Crippen molar-refractivity contribution in [2.75, 3.05) is 13.7 Å². The molecule has 2 aromatic rings. The van der Waals surface area contributed by atoms with E-state index >= 15 is 0 Å². The number of methoxy groups -OCH3 is 1. The van der Waals surface area contributed by atoms with Gasteiger partial charge in [-0.3, -0.25) is 24.7 Å². The Labute approximate surface area is 231 Å². The second kappa shape index (κ2) is 10.4. The minimum absolute atomic E-state index is 0.0157. The fourth-order valence-corrected chi connectivity index (χ4v) is 5.11. The normalized spacial score (nSPS) is 18.7. The first kappa shape index (κ1) is 28.3. The highest BCUT2D eigenvalue weighted by Gasteiger charge is 2.56. The highest BCUT2D eigenvalue weighted by molar-refractivity contribution is 6.31. The first-order chi connectivity index (χ1) is 18.9. The average Bonchev–Trinajstić information content (AvgIpc) is 3.20. The van der Waals surface area contributed by atoms with Gasteiger partial charge in [0.1, 0.15) is 40.6 Å². The van der Waals surface area contributed by atoms with Crippen LogP contribution in [0, 0.1) is 33.1 Å². The Kier molecular flexibility index (Phi) is 7.37. The molecule has 0 unspecified atom stereocenters. The molecular formula is C30H30N2O8. The van der Waals surface area contributed by atoms with E-state index in [-0.39, 0.29) is 64.3 Å². The molecule has 10 nitrogen and oxygen atoms in total. The van der Waals surface area contributed by atoms with Crippen LogP contribution in [0.4, 0.5) is 0 Å². The lowest BCUT2D eigenvalue weighted by molar-refractivity contribution is -0.123. The molecule has 0 saturated carbocycles. The number of terminal acetylenes is 1. The first-order valence-corrected chi connectivity index (χ1v) is 12.4. The van der Waals surface area contributed by atoms with Crippen molar-refractivity contribution >= 4 is 17.5 Å². The number of allylic oxidation sites excluding steroid dienone is 4. The van der Waals surface area contributed by atoms with Crippen LogP contribution in [0.25, 0.3) is 0 Å². The van der Waals surface area contributed by atoms with Crippen molar-refractivity contribution in [3.63, 3.8) is 0 Å². The molecule has 1 aliphatic carbocycles. The molecule has 0 fully saturated rings. The van der Waals surface area contributed by atoms with E-state index in [4.69, 9.17) is 20.7 Å². The zero-order valence-electron chi connectivity index (χ0n) is 23.1. The van der Waals surface area contributed by atoms with E-state index in [0.717, 1.165) is 22.8 Å². The standard InChI is InChI=1S/C30H30N2O8/c1-8-9-39-32-17(5)24-20(34)12-23-30(6,28(24)36)26-21(35)11-22(38-7)25(27(26)40-23)29(37)31-13-18-14(2)10-19(33)16(4)15(18)3/h1,10-12,32-33,35H,9,13H2,2-7H3,(H,31,37)/t30-/m1/s1.